The van der Waals surface area contributed by atoms with Gasteiger partial charge in [-0.15, -0.1) is 0 Å². The van der Waals surface area contributed by atoms with Crippen molar-refractivity contribution >= 4 is 38.5 Å². The Labute approximate surface area is 139 Å². The van der Waals surface area contributed by atoms with Crippen LogP contribution in [-0.2, 0) is 0 Å². The van der Waals surface area contributed by atoms with Crippen molar-refractivity contribution in [2.45, 2.75) is 5.16 Å². The molecule has 3 aromatic rings. The summed E-state index contributed by atoms with van der Waals surface area (Å²) < 4.78 is 0.959. The number of benzene rings is 2. The van der Waals surface area contributed by atoms with Crippen molar-refractivity contribution in [2.75, 3.05) is 6.26 Å². The fraction of sp³-hybridized carbons (Fsp3) is 0.0625. The van der Waals surface area contributed by atoms with Crippen LogP contribution in [0.2, 0.25) is 0 Å². The van der Waals surface area contributed by atoms with Crippen LogP contribution in [0.1, 0.15) is 5.56 Å². The van der Waals surface area contributed by atoms with Gasteiger partial charge >= 0.3 is 0 Å². The van der Waals surface area contributed by atoms with Crippen LogP contribution >= 0.6 is 27.7 Å². The first-order valence-electron chi connectivity index (χ1n) is 6.41. The predicted molar refractivity (Wildman–Crippen MR) is 92.0 cm³/mol. The number of aromatic amines is 1. The Morgan fingerprint density at radius 3 is 2.86 bits per heavy atom. The summed E-state index contributed by atoms with van der Waals surface area (Å²) in [6.07, 6.45) is 1.82. The number of hydrogen-bond acceptors (Lipinski definition) is 4. The molecule has 3 rings (SSSR count). The zero-order valence-corrected chi connectivity index (χ0v) is 14.0. The van der Waals surface area contributed by atoms with Crippen molar-refractivity contribution in [3.63, 3.8) is 0 Å². The van der Waals surface area contributed by atoms with Crippen molar-refractivity contribution in [2.24, 2.45) is 0 Å². The lowest BCUT2D eigenvalue weighted by Gasteiger charge is -2.07. The summed E-state index contributed by atoms with van der Waals surface area (Å²) in [5.74, 6) is 0. The summed E-state index contributed by atoms with van der Waals surface area (Å²) in [6.45, 7) is 0. The predicted octanol–water partition coefficient (Wildman–Crippen LogP) is 3.95. The molecule has 108 valence electrons. The number of halogens is 1. The number of nitriles is 1. The van der Waals surface area contributed by atoms with Crippen LogP contribution in [-0.4, -0.2) is 16.2 Å². The van der Waals surface area contributed by atoms with E-state index in [0.29, 0.717) is 10.9 Å². The first-order valence-corrected chi connectivity index (χ1v) is 8.43. The average Bonchev–Trinajstić information content (AvgIpc) is 2.54. The average molecular weight is 372 g/mol. The van der Waals surface area contributed by atoms with E-state index in [0.717, 1.165) is 20.8 Å². The van der Waals surface area contributed by atoms with E-state index in [9.17, 15) is 10.1 Å². The first-order chi connectivity index (χ1) is 10.6. The van der Waals surface area contributed by atoms with E-state index in [1.54, 1.807) is 0 Å². The van der Waals surface area contributed by atoms with Gasteiger partial charge in [0.25, 0.3) is 5.56 Å². The van der Waals surface area contributed by atoms with Crippen LogP contribution < -0.4 is 5.56 Å². The van der Waals surface area contributed by atoms with E-state index in [1.807, 2.05) is 48.7 Å². The highest BCUT2D eigenvalue weighted by Gasteiger charge is 2.13. The molecule has 0 fully saturated rings. The molecule has 0 atom stereocenters. The molecule has 1 aromatic heterocycles. The number of aromatic nitrogens is 2. The molecule has 4 nitrogen and oxygen atoms in total. The van der Waals surface area contributed by atoms with E-state index in [4.69, 9.17) is 0 Å². The Morgan fingerprint density at radius 2 is 2.14 bits per heavy atom. The van der Waals surface area contributed by atoms with Gasteiger partial charge in [0.2, 0.25) is 0 Å². The molecule has 0 aliphatic carbocycles. The second-order valence-electron chi connectivity index (χ2n) is 4.59. The second-order valence-corrected chi connectivity index (χ2v) is 6.24. The largest absolute Gasteiger partial charge is 0.300 e. The van der Waals surface area contributed by atoms with Crippen LogP contribution in [0.15, 0.2) is 50.8 Å². The van der Waals surface area contributed by atoms with Crippen LogP contribution in [0, 0.1) is 11.3 Å². The third kappa shape index (κ3) is 2.54. The minimum absolute atomic E-state index is 0.0317. The number of nitrogens with zero attached hydrogens (tertiary/aromatic N) is 2. The maximum atomic E-state index is 12.0. The number of rotatable bonds is 2. The third-order valence-corrected chi connectivity index (χ3v) is 4.58. The fourth-order valence-corrected chi connectivity index (χ4v) is 3.12. The molecular weight excluding hydrogens is 362 g/mol. The molecule has 22 heavy (non-hydrogen) atoms. The van der Waals surface area contributed by atoms with Crippen molar-refractivity contribution in [1.82, 2.24) is 9.97 Å². The van der Waals surface area contributed by atoms with Gasteiger partial charge in [0.15, 0.2) is 5.16 Å². The molecule has 0 saturated carbocycles. The molecule has 1 N–H and O–H groups in total. The minimum atomic E-state index is -0.413. The summed E-state index contributed by atoms with van der Waals surface area (Å²) in [4.78, 5) is 19.0. The smallest absolute Gasteiger partial charge is 0.270 e. The van der Waals surface area contributed by atoms with Crippen molar-refractivity contribution in [3.05, 3.63) is 56.8 Å². The number of H-pyrrole nitrogens is 1. The number of nitrogens with one attached hydrogen (secondary N) is 1. The zero-order valence-electron chi connectivity index (χ0n) is 11.6. The molecule has 1 heterocycles. The van der Waals surface area contributed by atoms with Gasteiger partial charge < -0.3 is 4.98 Å². The molecule has 0 bridgehead atoms. The van der Waals surface area contributed by atoms with E-state index < -0.39 is 5.56 Å². The number of hydrogen-bond donors (Lipinski definition) is 1. The quantitative estimate of drug-likeness (QED) is 0.546. The highest BCUT2D eigenvalue weighted by atomic mass is 79.9. The van der Waals surface area contributed by atoms with Gasteiger partial charge in [-0.1, -0.05) is 52.0 Å². The minimum Gasteiger partial charge on any atom is -0.300 e. The molecule has 6 heteroatoms. The molecule has 0 amide bonds. The Hall–Kier alpha value is -2.10. The van der Waals surface area contributed by atoms with E-state index >= 15 is 0 Å². The highest BCUT2D eigenvalue weighted by molar-refractivity contribution is 9.10. The lowest BCUT2D eigenvalue weighted by Crippen LogP contribution is -2.14. The second kappa shape index (κ2) is 5.95. The van der Waals surface area contributed by atoms with Gasteiger partial charge in [0.1, 0.15) is 11.6 Å². The van der Waals surface area contributed by atoms with Gasteiger partial charge in [0.05, 0.1) is 5.69 Å². The molecule has 0 aliphatic heterocycles. The number of thioether (sulfide) groups is 1. The fourth-order valence-electron chi connectivity index (χ4n) is 2.24. The Kier molecular flexibility index (Phi) is 4.01. The van der Waals surface area contributed by atoms with Crippen LogP contribution in [0.4, 0.5) is 0 Å². The normalized spacial score (nSPS) is 10.6. The molecule has 0 radical (unpaired) electrons. The molecule has 0 saturated heterocycles. The van der Waals surface area contributed by atoms with E-state index in [1.165, 1.54) is 11.8 Å². The molecule has 0 aliphatic rings. The van der Waals surface area contributed by atoms with Gasteiger partial charge in [0, 0.05) is 10.0 Å². The maximum absolute atomic E-state index is 12.0. The van der Waals surface area contributed by atoms with Crippen molar-refractivity contribution in [3.8, 4) is 17.3 Å². The SMILES string of the molecule is CSc1nc(-c2ccc3cccc(Br)c3c2)c(C#N)c(=O)[nH]1. The summed E-state index contributed by atoms with van der Waals surface area (Å²) >= 11 is 4.86. The van der Waals surface area contributed by atoms with Crippen molar-refractivity contribution in [1.29, 1.82) is 5.26 Å². The lowest BCUT2D eigenvalue weighted by molar-refractivity contribution is 0.938. The first kappa shape index (κ1) is 14.8. The Balaban J connectivity index is 2.32. The molecule has 0 spiro atoms. The summed E-state index contributed by atoms with van der Waals surface area (Å²) in [5.41, 5.74) is 0.777. The standard InChI is InChI=1S/C16H10BrN3OS/c1-22-16-19-14(12(8-18)15(21)20-16)10-6-5-9-3-2-4-13(17)11(9)7-10/h2-7H,1H3,(H,19,20,21). The number of fused-ring (bicyclic) bond motifs is 1. The molecular formula is C16H10BrN3OS. The highest BCUT2D eigenvalue weighted by Crippen LogP contribution is 2.29. The summed E-state index contributed by atoms with van der Waals surface area (Å²) in [6, 6.07) is 13.6. The van der Waals surface area contributed by atoms with E-state index in [2.05, 4.69) is 25.9 Å². The van der Waals surface area contributed by atoms with E-state index in [-0.39, 0.29) is 5.56 Å². The zero-order chi connectivity index (χ0) is 15.7. The lowest BCUT2D eigenvalue weighted by atomic mass is 10.0. The molecule has 2 aromatic carbocycles. The monoisotopic (exact) mass is 371 g/mol. The Bertz CT molecular complexity index is 975. The van der Waals surface area contributed by atoms with Gasteiger partial charge in [-0.05, 0) is 29.2 Å². The third-order valence-electron chi connectivity index (χ3n) is 3.31. The summed E-state index contributed by atoms with van der Waals surface area (Å²) in [5, 5.41) is 11.8. The van der Waals surface area contributed by atoms with Crippen LogP contribution in [0.5, 0.6) is 0 Å². The van der Waals surface area contributed by atoms with Gasteiger partial charge in [-0.3, -0.25) is 4.79 Å². The topological polar surface area (TPSA) is 69.5 Å². The summed E-state index contributed by atoms with van der Waals surface area (Å²) in [7, 11) is 0. The van der Waals surface area contributed by atoms with Crippen molar-refractivity contribution < 1.29 is 0 Å². The van der Waals surface area contributed by atoms with Gasteiger partial charge in [-0.2, -0.15) is 5.26 Å². The van der Waals surface area contributed by atoms with Gasteiger partial charge in [-0.25, -0.2) is 4.98 Å². The Morgan fingerprint density at radius 1 is 1.32 bits per heavy atom. The van der Waals surface area contributed by atoms with Crippen LogP contribution in [0.3, 0.4) is 0 Å². The van der Waals surface area contributed by atoms with Crippen LogP contribution in [0.25, 0.3) is 22.0 Å². The molecule has 0 unspecified atom stereocenters. The maximum Gasteiger partial charge on any atom is 0.270 e.